The molecule has 0 fully saturated rings. The van der Waals surface area contributed by atoms with Gasteiger partial charge < -0.3 is 9.05 Å². The molecule has 130 valence electrons. The van der Waals surface area contributed by atoms with E-state index >= 15 is 0 Å². The maximum Gasteiger partial charge on any atom is 0.587 e. The van der Waals surface area contributed by atoms with E-state index in [0.29, 0.717) is 12.3 Å². The number of carbonyl (C=O) groups is 1. The quantitative estimate of drug-likeness (QED) is 0.468. The highest BCUT2D eigenvalue weighted by molar-refractivity contribution is 7.48. The van der Waals surface area contributed by atoms with E-state index in [1.54, 1.807) is 12.1 Å². The Hall–Kier alpha value is -1.32. The Labute approximate surface area is 138 Å². The highest BCUT2D eigenvalue weighted by atomic mass is 31.2. The predicted molar refractivity (Wildman–Crippen MR) is 90.5 cm³/mol. The first-order valence-corrected chi connectivity index (χ1v) is 9.68. The summed E-state index contributed by atoms with van der Waals surface area (Å²) in [6.07, 6.45) is 5.00. The predicted octanol–water partition coefficient (Wildman–Crippen LogP) is 5.19. The molecular formula is C17H27O5P. The van der Waals surface area contributed by atoms with Crippen molar-refractivity contribution in [2.45, 2.75) is 65.2 Å². The van der Waals surface area contributed by atoms with Gasteiger partial charge in [0.1, 0.15) is 5.75 Å². The molecular weight excluding hydrogens is 315 g/mol. The Morgan fingerprint density at radius 3 is 2.30 bits per heavy atom. The van der Waals surface area contributed by atoms with Gasteiger partial charge in [-0.05, 0) is 30.0 Å². The van der Waals surface area contributed by atoms with Crippen molar-refractivity contribution in [2.75, 3.05) is 0 Å². The third-order valence-corrected chi connectivity index (χ3v) is 4.35. The maximum atomic E-state index is 11.8. The van der Waals surface area contributed by atoms with Gasteiger partial charge in [-0.3, -0.25) is 9.69 Å². The van der Waals surface area contributed by atoms with Gasteiger partial charge in [-0.25, -0.2) is 4.57 Å². The Bertz CT molecular complexity index is 524. The Morgan fingerprint density at radius 2 is 1.74 bits per heavy atom. The lowest BCUT2D eigenvalue weighted by Gasteiger charge is -2.13. The second-order valence-corrected chi connectivity index (χ2v) is 7.21. The van der Waals surface area contributed by atoms with Crippen molar-refractivity contribution in [3.8, 4) is 5.75 Å². The van der Waals surface area contributed by atoms with Crippen molar-refractivity contribution < 1.29 is 23.3 Å². The van der Waals surface area contributed by atoms with E-state index in [1.807, 2.05) is 12.1 Å². The van der Waals surface area contributed by atoms with E-state index in [2.05, 4.69) is 25.3 Å². The maximum absolute atomic E-state index is 11.8. The second-order valence-electron chi connectivity index (χ2n) is 5.91. The van der Waals surface area contributed by atoms with Crippen molar-refractivity contribution in [3.63, 3.8) is 0 Å². The summed E-state index contributed by atoms with van der Waals surface area (Å²) in [4.78, 5) is 21.2. The van der Waals surface area contributed by atoms with Crippen LogP contribution in [0.4, 0.5) is 0 Å². The van der Waals surface area contributed by atoms with Gasteiger partial charge >= 0.3 is 13.8 Å². The Morgan fingerprint density at radius 1 is 1.13 bits per heavy atom. The summed E-state index contributed by atoms with van der Waals surface area (Å²) in [5, 5.41) is 0. The third kappa shape index (κ3) is 8.19. The molecule has 1 atom stereocenters. The van der Waals surface area contributed by atoms with Crippen LogP contribution in [0.2, 0.25) is 0 Å². The van der Waals surface area contributed by atoms with E-state index in [1.165, 1.54) is 0 Å². The van der Waals surface area contributed by atoms with Crippen molar-refractivity contribution in [1.82, 2.24) is 0 Å². The zero-order valence-corrected chi connectivity index (χ0v) is 15.1. The molecule has 0 saturated heterocycles. The molecule has 1 rings (SSSR count). The molecule has 0 bridgehead atoms. The smallest absolute Gasteiger partial charge is 0.395 e. The lowest BCUT2D eigenvalue weighted by Crippen LogP contribution is -2.06. The summed E-state index contributed by atoms with van der Waals surface area (Å²) >= 11 is 0. The molecule has 1 unspecified atom stereocenters. The minimum absolute atomic E-state index is 0.129. The van der Waals surface area contributed by atoms with Crippen molar-refractivity contribution >= 4 is 13.8 Å². The average molecular weight is 342 g/mol. The van der Waals surface area contributed by atoms with Crippen LogP contribution in [-0.4, -0.2) is 10.9 Å². The first-order valence-electron chi connectivity index (χ1n) is 8.19. The van der Waals surface area contributed by atoms with Crippen LogP contribution in [0.1, 0.15) is 70.8 Å². The summed E-state index contributed by atoms with van der Waals surface area (Å²) in [7, 11) is -4.42. The van der Waals surface area contributed by atoms with Crippen LogP contribution >= 0.6 is 7.82 Å². The van der Waals surface area contributed by atoms with E-state index in [9.17, 15) is 14.3 Å². The van der Waals surface area contributed by atoms with E-state index < -0.39 is 13.8 Å². The van der Waals surface area contributed by atoms with Crippen molar-refractivity contribution in [2.24, 2.45) is 0 Å². The second kappa shape index (κ2) is 9.74. The number of benzene rings is 1. The van der Waals surface area contributed by atoms with Gasteiger partial charge in [-0.15, -0.1) is 0 Å². The molecule has 0 spiro atoms. The minimum atomic E-state index is -4.42. The summed E-state index contributed by atoms with van der Waals surface area (Å²) in [5.74, 6) is -0.141. The van der Waals surface area contributed by atoms with Gasteiger partial charge in [-0.1, -0.05) is 58.6 Å². The monoisotopic (exact) mass is 342 g/mol. The van der Waals surface area contributed by atoms with Crippen LogP contribution in [0, 0.1) is 0 Å². The molecule has 5 nitrogen and oxygen atoms in total. The minimum Gasteiger partial charge on any atom is -0.395 e. The molecule has 0 amide bonds. The highest BCUT2D eigenvalue weighted by Gasteiger charge is 2.27. The fourth-order valence-corrected chi connectivity index (χ4v) is 2.89. The molecule has 0 aromatic heterocycles. The standard InChI is InChI=1S/C17H27O5P/c1-4-5-6-7-8-9-17(18)22-23(19,20)21-16-12-10-15(11-13-16)14(2)3/h10-14H,4-9H2,1-3H3,(H,19,20). The largest absolute Gasteiger partial charge is 0.587 e. The molecule has 0 aliphatic carbocycles. The van der Waals surface area contributed by atoms with Gasteiger partial charge in [0.25, 0.3) is 0 Å². The Balaban J connectivity index is 2.42. The number of hydrogen-bond donors (Lipinski definition) is 1. The topological polar surface area (TPSA) is 72.8 Å². The summed E-state index contributed by atoms with van der Waals surface area (Å²) < 4.78 is 21.3. The zero-order chi connectivity index (χ0) is 17.3. The van der Waals surface area contributed by atoms with Crippen molar-refractivity contribution in [3.05, 3.63) is 29.8 Å². The van der Waals surface area contributed by atoms with E-state index in [4.69, 9.17) is 4.52 Å². The number of carbonyl (C=O) groups excluding carboxylic acids is 1. The number of rotatable bonds is 10. The van der Waals surface area contributed by atoms with Gasteiger partial charge in [0.15, 0.2) is 0 Å². The fourth-order valence-electron chi connectivity index (χ4n) is 2.11. The van der Waals surface area contributed by atoms with Crippen LogP contribution in [0.3, 0.4) is 0 Å². The van der Waals surface area contributed by atoms with Crippen LogP contribution in [0.25, 0.3) is 0 Å². The highest BCUT2D eigenvalue weighted by Crippen LogP contribution is 2.44. The number of phosphoric acid groups is 1. The molecule has 6 heteroatoms. The van der Waals surface area contributed by atoms with Crippen LogP contribution in [0.5, 0.6) is 5.75 Å². The van der Waals surface area contributed by atoms with Gasteiger partial charge in [-0.2, -0.15) is 0 Å². The molecule has 0 radical (unpaired) electrons. The molecule has 1 N–H and O–H groups in total. The first-order chi connectivity index (χ1) is 10.8. The van der Waals surface area contributed by atoms with E-state index in [0.717, 1.165) is 31.2 Å². The lowest BCUT2D eigenvalue weighted by atomic mass is 10.0. The lowest BCUT2D eigenvalue weighted by molar-refractivity contribution is -0.135. The zero-order valence-electron chi connectivity index (χ0n) is 14.2. The summed E-state index contributed by atoms with van der Waals surface area (Å²) in [6, 6.07) is 6.82. The average Bonchev–Trinajstić information content (AvgIpc) is 2.46. The van der Waals surface area contributed by atoms with Gasteiger partial charge in [0.05, 0.1) is 0 Å². The number of hydrogen-bond acceptors (Lipinski definition) is 4. The normalized spacial score (nSPS) is 13.6. The molecule has 23 heavy (non-hydrogen) atoms. The SMILES string of the molecule is CCCCCCCC(=O)OP(=O)(O)Oc1ccc(C(C)C)cc1. The van der Waals surface area contributed by atoms with Crippen LogP contribution in [-0.2, 0) is 13.9 Å². The molecule has 0 aliphatic rings. The van der Waals surface area contributed by atoms with Crippen LogP contribution in [0.15, 0.2) is 24.3 Å². The molecule has 0 saturated carbocycles. The molecule has 1 aromatic carbocycles. The van der Waals surface area contributed by atoms with Gasteiger partial charge in [0.2, 0.25) is 0 Å². The summed E-state index contributed by atoms with van der Waals surface area (Å²) in [6.45, 7) is 6.21. The number of phosphoric ester groups is 1. The van der Waals surface area contributed by atoms with Gasteiger partial charge in [0, 0.05) is 6.42 Å². The fraction of sp³-hybridized carbons (Fsp3) is 0.588. The molecule has 0 heterocycles. The molecule has 1 aromatic rings. The number of unbranched alkanes of at least 4 members (excludes halogenated alkanes) is 4. The summed E-state index contributed by atoms with van der Waals surface area (Å²) in [5.41, 5.74) is 1.09. The van der Waals surface area contributed by atoms with E-state index in [-0.39, 0.29) is 12.2 Å². The van der Waals surface area contributed by atoms with Crippen molar-refractivity contribution in [1.29, 1.82) is 0 Å². The molecule has 0 aliphatic heterocycles. The van der Waals surface area contributed by atoms with Crippen LogP contribution < -0.4 is 4.52 Å². The first kappa shape index (κ1) is 19.7. The Kier molecular flexibility index (Phi) is 8.35. The third-order valence-electron chi connectivity index (χ3n) is 3.47.